The number of nitrogens with two attached hydrogens (primary N) is 1. The first-order valence-electron chi connectivity index (χ1n) is 9.28. The molecule has 3 unspecified atom stereocenters. The molecule has 0 aromatic heterocycles. The second-order valence-corrected chi connectivity index (χ2v) is 7.73. The van der Waals surface area contributed by atoms with Crippen LogP contribution < -0.4 is 15.8 Å². The average molecular weight is 330 g/mol. The minimum absolute atomic E-state index is 0.00783. The lowest BCUT2D eigenvalue weighted by Crippen LogP contribution is -2.50. The minimum atomic E-state index is 0.00783. The number of hydrogen-bond donors (Lipinski definition) is 2. The molecule has 3 atom stereocenters. The summed E-state index contributed by atoms with van der Waals surface area (Å²) in [7, 11) is 0. The van der Waals surface area contributed by atoms with Crippen LogP contribution in [-0.2, 0) is 4.79 Å². The van der Waals surface area contributed by atoms with Crippen LogP contribution in [0.15, 0.2) is 24.3 Å². The Bertz CT molecular complexity index is 561. The van der Waals surface area contributed by atoms with Gasteiger partial charge in [0.2, 0.25) is 5.91 Å². The van der Waals surface area contributed by atoms with Crippen molar-refractivity contribution in [2.45, 2.75) is 58.0 Å². The zero-order valence-electron chi connectivity index (χ0n) is 14.8. The number of fused-ring (bicyclic) bond motifs is 2. The Labute approximate surface area is 145 Å². The van der Waals surface area contributed by atoms with Crippen LogP contribution in [0.2, 0.25) is 0 Å². The SMILES string of the molecule is Cc1cccc(OCC(C)NC(=O)C2CC3CCCC(C2)C3N)c1. The van der Waals surface area contributed by atoms with Crippen molar-refractivity contribution in [2.75, 3.05) is 6.61 Å². The molecule has 0 spiro atoms. The normalized spacial score (nSPS) is 30.5. The second-order valence-electron chi connectivity index (χ2n) is 7.73. The van der Waals surface area contributed by atoms with Gasteiger partial charge in [0.25, 0.3) is 0 Å². The van der Waals surface area contributed by atoms with Gasteiger partial charge in [0.1, 0.15) is 12.4 Å². The summed E-state index contributed by atoms with van der Waals surface area (Å²) >= 11 is 0. The molecule has 132 valence electrons. The third-order valence-corrected chi connectivity index (χ3v) is 5.66. The van der Waals surface area contributed by atoms with Gasteiger partial charge in [0.15, 0.2) is 0 Å². The molecule has 0 saturated heterocycles. The van der Waals surface area contributed by atoms with Gasteiger partial charge < -0.3 is 15.8 Å². The van der Waals surface area contributed by atoms with Crippen LogP contribution in [0, 0.1) is 24.7 Å². The maximum absolute atomic E-state index is 12.6. The maximum atomic E-state index is 12.6. The van der Waals surface area contributed by atoms with Crippen LogP contribution in [0.3, 0.4) is 0 Å². The Morgan fingerprint density at radius 1 is 1.33 bits per heavy atom. The molecular weight excluding hydrogens is 300 g/mol. The van der Waals surface area contributed by atoms with Gasteiger partial charge >= 0.3 is 0 Å². The van der Waals surface area contributed by atoms with Crippen LogP contribution in [0.5, 0.6) is 5.75 Å². The highest BCUT2D eigenvalue weighted by Crippen LogP contribution is 2.41. The molecule has 24 heavy (non-hydrogen) atoms. The maximum Gasteiger partial charge on any atom is 0.223 e. The molecule has 1 aromatic rings. The number of hydrogen-bond acceptors (Lipinski definition) is 3. The van der Waals surface area contributed by atoms with Gasteiger partial charge in [-0.25, -0.2) is 0 Å². The molecule has 0 radical (unpaired) electrons. The van der Waals surface area contributed by atoms with Gasteiger partial charge in [-0.3, -0.25) is 4.79 Å². The molecule has 0 aliphatic heterocycles. The zero-order chi connectivity index (χ0) is 17.1. The molecule has 2 fully saturated rings. The van der Waals surface area contributed by atoms with Crippen molar-refractivity contribution in [3.63, 3.8) is 0 Å². The molecule has 4 heteroatoms. The van der Waals surface area contributed by atoms with Crippen LogP contribution >= 0.6 is 0 Å². The molecule has 1 amide bonds. The molecule has 0 heterocycles. The van der Waals surface area contributed by atoms with E-state index in [-0.39, 0.29) is 17.9 Å². The number of ether oxygens (including phenoxy) is 1. The van der Waals surface area contributed by atoms with Crippen molar-refractivity contribution in [2.24, 2.45) is 23.5 Å². The van der Waals surface area contributed by atoms with Gasteiger partial charge in [0, 0.05) is 12.0 Å². The Balaban J connectivity index is 1.47. The van der Waals surface area contributed by atoms with E-state index in [1.165, 1.54) is 24.8 Å². The molecule has 2 aliphatic rings. The fourth-order valence-corrected chi connectivity index (χ4v) is 4.33. The van der Waals surface area contributed by atoms with Crippen molar-refractivity contribution in [3.05, 3.63) is 29.8 Å². The van der Waals surface area contributed by atoms with Crippen molar-refractivity contribution < 1.29 is 9.53 Å². The lowest BCUT2D eigenvalue weighted by Gasteiger charge is -2.43. The number of nitrogens with one attached hydrogen (secondary N) is 1. The second kappa shape index (κ2) is 7.56. The predicted molar refractivity (Wildman–Crippen MR) is 95.8 cm³/mol. The highest BCUT2D eigenvalue weighted by atomic mass is 16.5. The van der Waals surface area contributed by atoms with E-state index in [0.29, 0.717) is 24.5 Å². The van der Waals surface area contributed by atoms with Crippen molar-refractivity contribution in [1.29, 1.82) is 0 Å². The van der Waals surface area contributed by atoms with Crippen molar-refractivity contribution in [3.8, 4) is 5.75 Å². The standard InChI is InChI=1S/C20H30N2O2/c1-13-5-3-8-18(9-13)24-12-14(2)22-20(23)17-10-15-6-4-7-16(11-17)19(15)21/h3,5,8-9,14-17,19H,4,6-7,10-12,21H2,1-2H3,(H,22,23). The number of benzene rings is 1. The molecule has 3 rings (SSSR count). The lowest BCUT2D eigenvalue weighted by molar-refractivity contribution is -0.128. The Morgan fingerprint density at radius 2 is 2.04 bits per heavy atom. The van der Waals surface area contributed by atoms with Crippen LogP contribution in [-0.4, -0.2) is 24.6 Å². The first-order valence-corrected chi connectivity index (χ1v) is 9.28. The summed E-state index contributed by atoms with van der Waals surface area (Å²) < 4.78 is 5.79. The highest BCUT2D eigenvalue weighted by molar-refractivity contribution is 5.79. The van der Waals surface area contributed by atoms with Crippen LogP contribution in [0.1, 0.15) is 44.6 Å². The Morgan fingerprint density at radius 3 is 2.71 bits per heavy atom. The topological polar surface area (TPSA) is 64.3 Å². The summed E-state index contributed by atoms with van der Waals surface area (Å²) in [4.78, 5) is 12.6. The third-order valence-electron chi connectivity index (χ3n) is 5.66. The van der Waals surface area contributed by atoms with E-state index in [2.05, 4.69) is 5.32 Å². The summed E-state index contributed by atoms with van der Waals surface area (Å²) in [5.41, 5.74) is 7.50. The Hall–Kier alpha value is -1.55. The molecule has 3 N–H and O–H groups in total. The fraction of sp³-hybridized carbons (Fsp3) is 0.650. The van der Waals surface area contributed by atoms with Crippen molar-refractivity contribution >= 4 is 5.91 Å². The van der Waals surface area contributed by atoms with Gasteiger partial charge in [-0.15, -0.1) is 0 Å². The average Bonchev–Trinajstić information content (AvgIpc) is 2.52. The molecular formula is C20H30N2O2. The number of rotatable bonds is 5. The minimum Gasteiger partial charge on any atom is -0.491 e. The highest BCUT2D eigenvalue weighted by Gasteiger charge is 2.40. The van der Waals surface area contributed by atoms with E-state index in [1.54, 1.807) is 0 Å². The largest absolute Gasteiger partial charge is 0.491 e. The summed E-state index contributed by atoms with van der Waals surface area (Å²) in [5.74, 6) is 2.23. The lowest BCUT2D eigenvalue weighted by atomic mass is 9.65. The number of amides is 1. The first kappa shape index (κ1) is 17.3. The monoisotopic (exact) mass is 330 g/mol. The molecule has 2 bridgehead atoms. The molecule has 2 aliphatic carbocycles. The molecule has 2 saturated carbocycles. The van der Waals surface area contributed by atoms with E-state index < -0.39 is 0 Å². The molecule has 1 aromatic carbocycles. The number of aryl methyl sites for hydroxylation is 1. The van der Waals surface area contributed by atoms with Gasteiger partial charge in [0.05, 0.1) is 6.04 Å². The summed E-state index contributed by atoms with van der Waals surface area (Å²) in [6.45, 7) is 4.54. The van der Waals surface area contributed by atoms with Crippen LogP contribution in [0.4, 0.5) is 0 Å². The number of carbonyl (C=O) groups excluding carboxylic acids is 1. The summed E-state index contributed by atoms with van der Waals surface area (Å²) in [6.07, 6.45) is 5.56. The van der Waals surface area contributed by atoms with Gasteiger partial charge in [-0.05, 0) is 69.1 Å². The number of carbonyl (C=O) groups is 1. The van der Waals surface area contributed by atoms with E-state index in [0.717, 1.165) is 18.6 Å². The van der Waals surface area contributed by atoms with Crippen molar-refractivity contribution in [1.82, 2.24) is 5.32 Å². The van der Waals surface area contributed by atoms with E-state index in [1.807, 2.05) is 38.1 Å². The quantitative estimate of drug-likeness (QED) is 0.872. The van der Waals surface area contributed by atoms with Gasteiger partial charge in [-0.1, -0.05) is 18.6 Å². The summed E-state index contributed by atoms with van der Waals surface area (Å²) in [5, 5.41) is 3.13. The third kappa shape index (κ3) is 4.10. The first-order chi connectivity index (χ1) is 11.5. The fourth-order valence-electron chi connectivity index (χ4n) is 4.33. The Kier molecular flexibility index (Phi) is 5.44. The smallest absolute Gasteiger partial charge is 0.223 e. The van der Waals surface area contributed by atoms with E-state index in [4.69, 9.17) is 10.5 Å². The van der Waals surface area contributed by atoms with Gasteiger partial charge in [-0.2, -0.15) is 0 Å². The zero-order valence-corrected chi connectivity index (χ0v) is 14.8. The van der Waals surface area contributed by atoms with Crippen LogP contribution in [0.25, 0.3) is 0 Å². The predicted octanol–water partition coefficient (Wildman–Crippen LogP) is 3.03. The van der Waals surface area contributed by atoms with E-state index >= 15 is 0 Å². The summed E-state index contributed by atoms with van der Waals surface area (Å²) in [6, 6.07) is 8.31. The molecule has 4 nitrogen and oxygen atoms in total. The van der Waals surface area contributed by atoms with E-state index in [9.17, 15) is 4.79 Å².